The molecular formula is C27H31NO7. The van der Waals surface area contributed by atoms with Crippen LogP contribution in [0.3, 0.4) is 0 Å². The van der Waals surface area contributed by atoms with Crippen LogP contribution >= 0.6 is 0 Å². The lowest BCUT2D eigenvalue weighted by Crippen LogP contribution is -2.36. The lowest BCUT2D eigenvalue weighted by atomic mass is 9.73. The number of aryl methyl sites for hydroxylation is 1. The van der Waals surface area contributed by atoms with Crippen molar-refractivity contribution < 1.29 is 33.0 Å². The fraction of sp³-hybridized carbons (Fsp3) is 0.407. The monoisotopic (exact) mass is 481 g/mol. The normalized spacial score (nSPS) is 19.9. The van der Waals surface area contributed by atoms with Crippen LogP contribution in [0.1, 0.15) is 48.7 Å². The number of carbonyl (C=O) groups excluding carboxylic acids is 2. The maximum absolute atomic E-state index is 13.6. The van der Waals surface area contributed by atoms with Crippen LogP contribution in [0.25, 0.3) is 0 Å². The van der Waals surface area contributed by atoms with Crippen molar-refractivity contribution in [3.63, 3.8) is 0 Å². The van der Waals surface area contributed by atoms with Crippen LogP contribution < -0.4 is 14.8 Å². The zero-order valence-corrected chi connectivity index (χ0v) is 20.7. The van der Waals surface area contributed by atoms with Crippen molar-refractivity contribution in [2.75, 3.05) is 34.5 Å². The van der Waals surface area contributed by atoms with Gasteiger partial charge in [-0.2, -0.15) is 0 Å². The van der Waals surface area contributed by atoms with Gasteiger partial charge in [0.2, 0.25) is 0 Å². The van der Waals surface area contributed by atoms with Crippen molar-refractivity contribution in [1.82, 2.24) is 5.32 Å². The van der Waals surface area contributed by atoms with E-state index in [0.29, 0.717) is 52.7 Å². The maximum atomic E-state index is 13.6. The number of hydrogen-bond acceptors (Lipinski definition) is 8. The van der Waals surface area contributed by atoms with E-state index in [-0.39, 0.29) is 24.9 Å². The molecule has 8 heteroatoms. The molecule has 186 valence electrons. The summed E-state index contributed by atoms with van der Waals surface area (Å²) >= 11 is 0. The molecule has 1 N–H and O–H groups in total. The smallest absolute Gasteiger partial charge is 0.336 e. The summed E-state index contributed by atoms with van der Waals surface area (Å²) in [6, 6.07) is 9.38. The van der Waals surface area contributed by atoms with Gasteiger partial charge in [0.05, 0.1) is 32.3 Å². The molecule has 1 aromatic carbocycles. The lowest BCUT2D eigenvalue weighted by Gasteiger charge is -2.35. The highest BCUT2D eigenvalue weighted by molar-refractivity contribution is 6.04. The minimum absolute atomic E-state index is 0.0349. The molecule has 8 nitrogen and oxygen atoms in total. The molecule has 0 saturated heterocycles. The largest absolute Gasteiger partial charge is 0.493 e. The van der Waals surface area contributed by atoms with Gasteiger partial charge in [-0.1, -0.05) is 6.07 Å². The fourth-order valence-electron chi connectivity index (χ4n) is 4.84. The Bertz CT molecular complexity index is 1190. The van der Waals surface area contributed by atoms with Gasteiger partial charge < -0.3 is 28.7 Å². The average Bonchev–Trinajstić information content (AvgIpc) is 3.28. The van der Waals surface area contributed by atoms with Crippen molar-refractivity contribution in [1.29, 1.82) is 0 Å². The third-order valence-electron chi connectivity index (χ3n) is 6.49. The van der Waals surface area contributed by atoms with Crippen LogP contribution in [0.4, 0.5) is 0 Å². The van der Waals surface area contributed by atoms with E-state index in [1.807, 2.05) is 44.2 Å². The quantitative estimate of drug-likeness (QED) is 0.444. The number of Topliss-reactive ketones (excluding diaryl/α,β-unsaturated/α-hetero) is 1. The first-order valence-corrected chi connectivity index (χ1v) is 11.6. The zero-order valence-electron chi connectivity index (χ0n) is 20.7. The summed E-state index contributed by atoms with van der Waals surface area (Å²) in [5.74, 6) is 1.31. The minimum Gasteiger partial charge on any atom is -0.493 e. The number of hydrogen-bond donors (Lipinski definition) is 1. The van der Waals surface area contributed by atoms with Crippen LogP contribution in [-0.4, -0.2) is 46.3 Å². The third kappa shape index (κ3) is 4.84. The SMILES string of the molecule is COCCOC(=O)C1=C(C)NC2=C(C(=O)C[C@H](c3ccc(OC)c(OC)c3)C2)[C@H]1c1ccc(C)o1. The molecule has 2 atom stereocenters. The van der Waals surface area contributed by atoms with Gasteiger partial charge in [-0.05, 0) is 56.0 Å². The number of dihydropyridines is 1. The topological polar surface area (TPSA) is 96.2 Å². The second-order valence-corrected chi connectivity index (χ2v) is 8.71. The Labute approximate surface area is 204 Å². The summed E-state index contributed by atoms with van der Waals surface area (Å²) in [4.78, 5) is 26.7. The number of ether oxygens (including phenoxy) is 4. The van der Waals surface area contributed by atoms with Crippen LogP contribution in [0.15, 0.2) is 57.3 Å². The first-order valence-electron chi connectivity index (χ1n) is 11.6. The number of esters is 1. The van der Waals surface area contributed by atoms with Crippen LogP contribution in [-0.2, 0) is 19.1 Å². The molecule has 0 amide bonds. The molecule has 2 heterocycles. The van der Waals surface area contributed by atoms with E-state index >= 15 is 0 Å². The van der Waals surface area contributed by atoms with E-state index in [1.54, 1.807) is 21.3 Å². The maximum Gasteiger partial charge on any atom is 0.336 e. The highest BCUT2D eigenvalue weighted by atomic mass is 16.6. The molecule has 0 radical (unpaired) electrons. The highest BCUT2D eigenvalue weighted by Crippen LogP contribution is 2.46. The van der Waals surface area contributed by atoms with E-state index in [4.69, 9.17) is 23.4 Å². The van der Waals surface area contributed by atoms with E-state index in [2.05, 4.69) is 5.32 Å². The van der Waals surface area contributed by atoms with Crippen molar-refractivity contribution in [3.05, 3.63) is 70.0 Å². The van der Waals surface area contributed by atoms with Crippen molar-refractivity contribution in [2.24, 2.45) is 0 Å². The Hall–Kier alpha value is -3.52. The molecule has 4 rings (SSSR count). The van der Waals surface area contributed by atoms with E-state index in [1.165, 1.54) is 0 Å². The van der Waals surface area contributed by atoms with Gasteiger partial charge in [-0.25, -0.2) is 4.79 Å². The summed E-state index contributed by atoms with van der Waals surface area (Å²) in [5.41, 5.74) is 3.37. The summed E-state index contributed by atoms with van der Waals surface area (Å²) in [7, 11) is 4.73. The lowest BCUT2D eigenvalue weighted by molar-refractivity contribution is -0.140. The minimum atomic E-state index is -0.631. The van der Waals surface area contributed by atoms with Gasteiger partial charge in [0.25, 0.3) is 0 Å². The Morgan fingerprint density at radius 3 is 2.46 bits per heavy atom. The van der Waals surface area contributed by atoms with Gasteiger partial charge in [0.1, 0.15) is 18.1 Å². The fourth-order valence-corrected chi connectivity index (χ4v) is 4.84. The standard InChI is InChI=1S/C27H31NO7/c1-15-6-8-22(35-15)26-24(27(30)34-11-10-31-3)16(2)28-19-12-18(13-20(29)25(19)26)17-7-9-21(32-4)23(14-17)33-5/h6-9,14,18,26,28H,10-13H2,1-5H3/t18-,26+/m1/s1. The van der Waals surface area contributed by atoms with E-state index < -0.39 is 11.9 Å². The molecule has 0 saturated carbocycles. The number of methoxy groups -OCH3 is 3. The predicted octanol–water partition coefficient (Wildman–Crippen LogP) is 4.16. The number of allylic oxidation sites excluding steroid dienone is 3. The Balaban J connectivity index is 1.71. The number of carbonyl (C=O) groups is 2. The van der Waals surface area contributed by atoms with Crippen LogP contribution in [0.5, 0.6) is 11.5 Å². The summed E-state index contributed by atoms with van der Waals surface area (Å²) < 4.78 is 27.2. The average molecular weight is 482 g/mol. The number of ketones is 1. The molecule has 1 aromatic heterocycles. The van der Waals surface area contributed by atoms with Crippen molar-refractivity contribution in [3.8, 4) is 11.5 Å². The second kappa shape index (κ2) is 10.4. The molecule has 1 aliphatic heterocycles. The molecule has 0 bridgehead atoms. The zero-order chi connectivity index (χ0) is 25.1. The van der Waals surface area contributed by atoms with Gasteiger partial charge >= 0.3 is 5.97 Å². The molecule has 0 unspecified atom stereocenters. The number of rotatable bonds is 8. The van der Waals surface area contributed by atoms with Crippen LogP contribution in [0.2, 0.25) is 0 Å². The Kier molecular flexibility index (Phi) is 7.31. The highest BCUT2D eigenvalue weighted by Gasteiger charge is 2.42. The summed E-state index contributed by atoms with van der Waals surface area (Å²) in [5, 5.41) is 3.34. The molecule has 35 heavy (non-hydrogen) atoms. The van der Waals surface area contributed by atoms with Crippen molar-refractivity contribution >= 4 is 11.8 Å². The second-order valence-electron chi connectivity index (χ2n) is 8.71. The number of benzene rings is 1. The molecule has 0 spiro atoms. The molecule has 2 aliphatic rings. The van der Waals surface area contributed by atoms with E-state index in [9.17, 15) is 9.59 Å². The van der Waals surface area contributed by atoms with Gasteiger partial charge in [0.15, 0.2) is 17.3 Å². The Morgan fingerprint density at radius 2 is 1.80 bits per heavy atom. The summed E-state index contributed by atoms with van der Waals surface area (Å²) in [6.07, 6.45) is 0.910. The van der Waals surface area contributed by atoms with Gasteiger partial charge in [-0.3, -0.25) is 4.79 Å². The predicted molar refractivity (Wildman–Crippen MR) is 128 cm³/mol. The molecule has 1 aliphatic carbocycles. The molecule has 2 aromatic rings. The van der Waals surface area contributed by atoms with Crippen LogP contribution in [0, 0.1) is 6.92 Å². The first-order chi connectivity index (χ1) is 16.9. The molecule has 0 fully saturated rings. The van der Waals surface area contributed by atoms with Gasteiger partial charge in [0, 0.05) is 30.5 Å². The third-order valence-corrected chi connectivity index (χ3v) is 6.49. The number of furan rings is 1. The first kappa shape index (κ1) is 24.6. The van der Waals surface area contributed by atoms with E-state index in [0.717, 1.165) is 11.3 Å². The van der Waals surface area contributed by atoms with Gasteiger partial charge in [-0.15, -0.1) is 0 Å². The van der Waals surface area contributed by atoms with Crippen molar-refractivity contribution in [2.45, 2.75) is 38.5 Å². The summed E-state index contributed by atoms with van der Waals surface area (Å²) in [6.45, 7) is 4.07. The molecular weight excluding hydrogens is 450 g/mol. The number of nitrogens with one attached hydrogen (secondary N) is 1. The Morgan fingerprint density at radius 1 is 1.03 bits per heavy atom.